The van der Waals surface area contributed by atoms with E-state index in [2.05, 4.69) is 17.1 Å². The number of rotatable bonds is 7. The predicted octanol–water partition coefficient (Wildman–Crippen LogP) is 3.34. The van der Waals surface area contributed by atoms with Crippen LogP contribution in [0.1, 0.15) is 70.5 Å². The van der Waals surface area contributed by atoms with Gasteiger partial charge >= 0.3 is 0 Å². The maximum atomic E-state index is 12.4. The van der Waals surface area contributed by atoms with Gasteiger partial charge in [-0.1, -0.05) is 31.3 Å². The summed E-state index contributed by atoms with van der Waals surface area (Å²) in [6, 6.07) is 0. The average molecular weight is 293 g/mol. The summed E-state index contributed by atoms with van der Waals surface area (Å²) in [5.41, 5.74) is 0. The monoisotopic (exact) mass is 293 g/mol. The van der Waals surface area contributed by atoms with Gasteiger partial charge in [0.05, 0.1) is 6.54 Å². The van der Waals surface area contributed by atoms with Crippen molar-refractivity contribution in [2.75, 3.05) is 6.54 Å². The summed E-state index contributed by atoms with van der Waals surface area (Å²) in [6.45, 7) is 5.25. The first-order chi connectivity index (χ1) is 10.2. The minimum absolute atomic E-state index is 0.228. The van der Waals surface area contributed by atoms with Gasteiger partial charge in [0.15, 0.2) is 5.82 Å². The molecule has 5 heteroatoms. The molecule has 0 spiro atoms. The first kappa shape index (κ1) is 16.0. The molecule has 1 amide bonds. The molecule has 21 heavy (non-hydrogen) atoms. The van der Waals surface area contributed by atoms with Gasteiger partial charge < -0.3 is 9.42 Å². The summed E-state index contributed by atoms with van der Waals surface area (Å²) in [5.74, 6) is 2.09. The van der Waals surface area contributed by atoms with Crippen LogP contribution in [0.25, 0.3) is 0 Å². The first-order valence-corrected chi connectivity index (χ1v) is 8.32. The summed E-state index contributed by atoms with van der Waals surface area (Å²) in [6.07, 6.45) is 8.73. The Morgan fingerprint density at radius 2 is 2.05 bits per heavy atom. The van der Waals surface area contributed by atoms with E-state index in [-0.39, 0.29) is 5.91 Å². The molecule has 1 saturated carbocycles. The molecule has 1 aromatic rings. The molecule has 1 aromatic heterocycles. The lowest BCUT2D eigenvalue weighted by Crippen LogP contribution is -2.32. The maximum absolute atomic E-state index is 12.4. The van der Waals surface area contributed by atoms with Gasteiger partial charge in [0.25, 0.3) is 0 Å². The highest BCUT2D eigenvalue weighted by Crippen LogP contribution is 2.27. The lowest BCUT2D eigenvalue weighted by molar-refractivity contribution is -0.133. The summed E-state index contributed by atoms with van der Waals surface area (Å²) in [4.78, 5) is 18.6. The van der Waals surface area contributed by atoms with Crippen LogP contribution >= 0.6 is 0 Å². The fourth-order valence-electron chi connectivity index (χ4n) is 2.98. The van der Waals surface area contributed by atoms with Gasteiger partial charge in [-0.05, 0) is 32.1 Å². The molecule has 118 valence electrons. The molecule has 5 nitrogen and oxygen atoms in total. The quantitative estimate of drug-likeness (QED) is 0.773. The number of hydrogen-bond acceptors (Lipinski definition) is 4. The Hall–Kier alpha value is -1.39. The predicted molar refractivity (Wildman–Crippen MR) is 80.6 cm³/mol. The molecule has 0 aliphatic heterocycles. The van der Waals surface area contributed by atoms with Gasteiger partial charge in [-0.2, -0.15) is 4.98 Å². The van der Waals surface area contributed by atoms with E-state index in [9.17, 15) is 4.79 Å². The van der Waals surface area contributed by atoms with Crippen LogP contribution in [-0.4, -0.2) is 27.5 Å². The lowest BCUT2D eigenvalue weighted by Gasteiger charge is -2.25. The SMILES string of the molecule is CCCc1nc(CN(CC)C(=O)CC2CCCCC2)no1. The molecule has 0 bridgehead atoms. The number of aryl methyl sites for hydroxylation is 1. The first-order valence-electron chi connectivity index (χ1n) is 8.32. The molecule has 1 aliphatic carbocycles. The summed E-state index contributed by atoms with van der Waals surface area (Å²) in [7, 11) is 0. The highest BCUT2D eigenvalue weighted by Gasteiger charge is 2.21. The zero-order chi connectivity index (χ0) is 15.1. The van der Waals surface area contributed by atoms with E-state index in [1.54, 1.807) is 0 Å². The average Bonchev–Trinajstić information content (AvgIpc) is 2.93. The van der Waals surface area contributed by atoms with Crippen molar-refractivity contribution in [2.45, 2.75) is 71.8 Å². The second kappa shape index (κ2) is 8.15. The zero-order valence-electron chi connectivity index (χ0n) is 13.3. The van der Waals surface area contributed by atoms with Crippen molar-refractivity contribution in [3.05, 3.63) is 11.7 Å². The van der Waals surface area contributed by atoms with Gasteiger partial charge in [0, 0.05) is 19.4 Å². The normalized spacial score (nSPS) is 16.1. The smallest absolute Gasteiger partial charge is 0.226 e. The van der Waals surface area contributed by atoms with Crippen molar-refractivity contribution < 1.29 is 9.32 Å². The van der Waals surface area contributed by atoms with Crippen molar-refractivity contribution >= 4 is 5.91 Å². The number of carbonyl (C=O) groups excluding carboxylic acids is 1. The zero-order valence-corrected chi connectivity index (χ0v) is 13.3. The molecule has 0 aromatic carbocycles. The van der Waals surface area contributed by atoms with Crippen LogP contribution in [0.4, 0.5) is 0 Å². The number of aromatic nitrogens is 2. The van der Waals surface area contributed by atoms with Gasteiger partial charge in [0.2, 0.25) is 11.8 Å². The van der Waals surface area contributed by atoms with Crippen molar-refractivity contribution in [3.8, 4) is 0 Å². The van der Waals surface area contributed by atoms with Crippen LogP contribution < -0.4 is 0 Å². The van der Waals surface area contributed by atoms with Crippen molar-refractivity contribution in [2.24, 2.45) is 5.92 Å². The Bertz CT molecular complexity index is 438. The van der Waals surface area contributed by atoms with E-state index in [0.717, 1.165) is 12.8 Å². The van der Waals surface area contributed by atoms with E-state index in [0.29, 0.717) is 37.1 Å². The summed E-state index contributed by atoms with van der Waals surface area (Å²) < 4.78 is 5.18. The largest absolute Gasteiger partial charge is 0.339 e. The van der Waals surface area contributed by atoms with Crippen molar-refractivity contribution in [3.63, 3.8) is 0 Å². The third kappa shape index (κ3) is 4.83. The van der Waals surface area contributed by atoms with Crippen LogP contribution in [0.15, 0.2) is 4.52 Å². The number of amides is 1. The van der Waals surface area contributed by atoms with E-state index in [4.69, 9.17) is 4.52 Å². The highest BCUT2D eigenvalue weighted by atomic mass is 16.5. The van der Waals surface area contributed by atoms with Gasteiger partial charge in [-0.3, -0.25) is 4.79 Å². The van der Waals surface area contributed by atoms with E-state index in [1.165, 1.54) is 32.1 Å². The molecule has 0 N–H and O–H groups in total. The molecule has 0 saturated heterocycles. The molecule has 0 unspecified atom stereocenters. The molecular formula is C16H27N3O2. The molecule has 2 rings (SSSR count). The Morgan fingerprint density at radius 1 is 1.29 bits per heavy atom. The Labute approximate surface area is 127 Å². The molecule has 1 heterocycles. The molecule has 0 atom stereocenters. The second-order valence-corrected chi connectivity index (χ2v) is 5.97. The van der Waals surface area contributed by atoms with Crippen molar-refractivity contribution in [1.82, 2.24) is 15.0 Å². The van der Waals surface area contributed by atoms with Crippen LogP contribution in [0.2, 0.25) is 0 Å². The van der Waals surface area contributed by atoms with Crippen LogP contribution in [0, 0.1) is 5.92 Å². The number of hydrogen-bond donors (Lipinski definition) is 0. The third-order valence-corrected chi connectivity index (χ3v) is 4.23. The fraction of sp³-hybridized carbons (Fsp3) is 0.812. The summed E-state index contributed by atoms with van der Waals surface area (Å²) in [5, 5.41) is 3.97. The standard InChI is InChI=1S/C16H27N3O2/c1-3-8-15-17-14(18-21-15)12-19(4-2)16(20)11-13-9-6-5-7-10-13/h13H,3-12H2,1-2H3. The number of nitrogens with zero attached hydrogens (tertiary/aromatic N) is 3. The lowest BCUT2D eigenvalue weighted by atomic mass is 9.86. The third-order valence-electron chi connectivity index (χ3n) is 4.23. The Morgan fingerprint density at radius 3 is 2.71 bits per heavy atom. The van der Waals surface area contributed by atoms with Gasteiger partial charge in [-0.25, -0.2) is 0 Å². The second-order valence-electron chi connectivity index (χ2n) is 5.97. The van der Waals surface area contributed by atoms with E-state index in [1.807, 2.05) is 11.8 Å². The molecule has 1 aliphatic rings. The van der Waals surface area contributed by atoms with Crippen LogP contribution in [0.5, 0.6) is 0 Å². The van der Waals surface area contributed by atoms with E-state index >= 15 is 0 Å². The summed E-state index contributed by atoms with van der Waals surface area (Å²) >= 11 is 0. The van der Waals surface area contributed by atoms with Crippen LogP contribution in [0.3, 0.4) is 0 Å². The fourth-order valence-corrected chi connectivity index (χ4v) is 2.98. The molecule has 1 fully saturated rings. The Kier molecular flexibility index (Phi) is 6.21. The van der Waals surface area contributed by atoms with Crippen molar-refractivity contribution in [1.29, 1.82) is 0 Å². The number of carbonyl (C=O) groups is 1. The Balaban J connectivity index is 1.86. The van der Waals surface area contributed by atoms with Gasteiger partial charge in [0.1, 0.15) is 0 Å². The molecule has 0 radical (unpaired) electrons. The van der Waals surface area contributed by atoms with Crippen LogP contribution in [-0.2, 0) is 17.8 Å². The van der Waals surface area contributed by atoms with E-state index < -0.39 is 0 Å². The molecular weight excluding hydrogens is 266 g/mol. The maximum Gasteiger partial charge on any atom is 0.226 e. The minimum atomic E-state index is 0.228. The highest BCUT2D eigenvalue weighted by molar-refractivity contribution is 5.76. The topological polar surface area (TPSA) is 59.2 Å². The minimum Gasteiger partial charge on any atom is -0.339 e. The van der Waals surface area contributed by atoms with Gasteiger partial charge in [-0.15, -0.1) is 0 Å².